The number of carbonyl (C=O) groups excluding carboxylic acids is 1. The second-order valence-corrected chi connectivity index (χ2v) is 10.1. The summed E-state index contributed by atoms with van der Waals surface area (Å²) in [5.74, 6) is 0.0701. The van der Waals surface area contributed by atoms with E-state index in [2.05, 4.69) is 20.6 Å². The molecular formula is C23H26ClN7O4. The van der Waals surface area contributed by atoms with Crippen molar-refractivity contribution in [3.63, 3.8) is 0 Å². The Hall–Kier alpha value is -3.65. The second kappa shape index (κ2) is 9.54. The number of hydrogen-bond acceptors (Lipinski definition) is 9. The molecule has 35 heavy (non-hydrogen) atoms. The van der Waals surface area contributed by atoms with Crippen molar-refractivity contribution in [2.24, 2.45) is 0 Å². The first-order valence-electron chi connectivity index (χ1n) is 11.3. The van der Waals surface area contributed by atoms with Gasteiger partial charge in [0, 0.05) is 18.1 Å². The van der Waals surface area contributed by atoms with E-state index < -0.39 is 10.5 Å². The lowest BCUT2D eigenvalue weighted by Gasteiger charge is -2.39. The van der Waals surface area contributed by atoms with Gasteiger partial charge in [-0.3, -0.25) is 10.1 Å². The number of aromatic nitrogens is 2. The van der Waals surface area contributed by atoms with E-state index in [1.165, 1.54) is 12.4 Å². The average molecular weight is 500 g/mol. The molecule has 1 amide bonds. The highest BCUT2D eigenvalue weighted by atomic mass is 35.5. The fraction of sp³-hybridized carbons (Fsp3) is 0.478. The van der Waals surface area contributed by atoms with Gasteiger partial charge < -0.3 is 20.3 Å². The van der Waals surface area contributed by atoms with Crippen LogP contribution in [0.4, 0.5) is 27.8 Å². The standard InChI is InChI=1S/C23H26ClN7O4/c1-23(2,3)35-22(32)30-15-5-6-16(30)10-14(9-15)28-20-19(31(33)34)21(27-12-26-20)29-18-7-4-13(11-25)8-17(18)24/h4,7-8,12,14-16H,5-6,9-10H2,1-3H3,(H2,26,27,28,29)/t15-,16-/m1/s1. The summed E-state index contributed by atoms with van der Waals surface area (Å²) in [7, 11) is 0. The zero-order valence-corrected chi connectivity index (χ0v) is 20.4. The Balaban J connectivity index is 1.52. The van der Waals surface area contributed by atoms with Crippen LogP contribution < -0.4 is 10.6 Å². The van der Waals surface area contributed by atoms with Gasteiger partial charge in [-0.2, -0.15) is 5.26 Å². The molecule has 4 rings (SSSR count). The zero-order chi connectivity index (χ0) is 25.3. The fourth-order valence-electron chi connectivity index (χ4n) is 4.66. The topological polar surface area (TPSA) is 146 Å². The predicted octanol–water partition coefficient (Wildman–Crippen LogP) is 5.00. The maximum absolute atomic E-state index is 12.7. The van der Waals surface area contributed by atoms with E-state index in [9.17, 15) is 14.9 Å². The lowest BCUT2D eigenvalue weighted by atomic mass is 9.97. The van der Waals surface area contributed by atoms with Crippen molar-refractivity contribution in [2.45, 2.75) is 70.2 Å². The number of nitriles is 1. The summed E-state index contributed by atoms with van der Waals surface area (Å²) in [4.78, 5) is 34.1. The Morgan fingerprint density at radius 3 is 2.49 bits per heavy atom. The Labute approximate surface area is 207 Å². The first-order chi connectivity index (χ1) is 16.6. The fourth-order valence-corrected chi connectivity index (χ4v) is 4.89. The maximum Gasteiger partial charge on any atom is 0.410 e. The maximum atomic E-state index is 12.7. The summed E-state index contributed by atoms with van der Waals surface area (Å²) >= 11 is 6.22. The molecule has 2 atom stereocenters. The third kappa shape index (κ3) is 5.38. The summed E-state index contributed by atoms with van der Waals surface area (Å²) in [6.07, 6.45) is 3.89. The lowest BCUT2D eigenvalue weighted by Crippen LogP contribution is -2.51. The number of nitrogens with zero attached hydrogens (tertiary/aromatic N) is 5. The van der Waals surface area contributed by atoms with Crippen molar-refractivity contribution < 1.29 is 14.5 Å². The van der Waals surface area contributed by atoms with E-state index >= 15 is 0 Å². The van der Waals surface area contributed by atoms with Gasteiger partial charge in [-0.05, 0) is 64.7 Å². The van der Waals surface area contributed by atoms with Crippen molar-refractivity contribution in [1.82, 2.24) is 14.9 Å². The van der Waals surface area contributed by atoms with Gasteiger partial charge in [-0.15, -0.1) is 0 Å². The number of fused-ring (bicyclic) bond motifs is 2. The first kappa shape index (κ1) is 24.5. The molecule has 2 aliphatic rings. The lowest BCUT2D eigenvalue weighted by molar-refractivity contribution is -0.383. The second-order valence-electron chi connectivity index (χ2n) is 9.69. The minimum Gasteiger partial charge on any atom is -0.444 e. The van der Waals surface area contributed by atoms with E-state index in [1.54, 1.807) is 12.1 Å². The molecule has 2 aliphatic heterocycles. The summed E-state index contributed by atoms with van der Waals surface area (Å²) in [5, 5.41) is 27.3. The molecule has 2 bridgehead atoms. The molecule has 0 saturated carbocycles. The Morgan fingerprint density at radius 2 is 1.91 bits per heavy atom. The molecule has 1 aromatic carbocycles. The van der Waals surface area contributed by atoms with Crippen LogP contribution in [0.2, 0.25) is 5.02 Å². The number of nitro groups is 1. The van der Waals surface area contributed by atoms with Crippen molar-refractivity contribution in [1.29, 1.82) is 5.26 Å². The summed E-state index contributed by atoms with van der Waals surface area (Å²) in [6, 6.07) is 6.45. The van der Waals surface area contributed by atoms with Gasteiger partial charge in [-0.25, -0.2) is 14.8 Å². The van der Waals surface area contributed by atoms with Crippen LogP contribution in [0.25, 0.3) is 0 Å². The SMILES string of the molecule is CC(C)(C)OC(=O)N1[C@@H]2CC[C@@H]1CC(Nc1ncnc(Nc3ccc(C#N)cc3Cl)c1[N+](=O)[O-])C2. The molecule has 2 aromatic rings. The Bertz CT molecular complexity index is 1180. The van der Waals surface area contributed by atoms with Gasteiger partial charge in [0.15, 0.2) is 0 Å². The third-order valence-corrected chi connectivity index (χ3v) is 6.35. The third-order valence-electron chi connectivity index (χ3n) is 6.03. The molecule has 0 spiro atoms. The van der Waals surface area contributed by atoms with Crippen molar-refractivity contribution in [3.8, 4) is 6.07 Å². The summed E-state index contributed by atoms with van der Waals surface area (Å²) < 4.78 is 5.58. The highest BCUT2D eigenvalue weighted by Crippen LogP contribution is 2.40. The number of halogens is 1. The normalized spacial score (nSPS) is 21.2. The number of carbonyl (C=O) groups is 1. The van der Waals surface area contributed by atoms with Gasteiger partial charge in [0.05, 0.1) is 27.3 Å². The van der Waals surface area contributed by atoms with Crippen LogP contribution in [-0.4, -0.2) is 49.6 Å². The molecule has 11 nitrogen and oxygen atoms in total. The van der Waals surface area contributed by atoms with Crippen molar-refractivity contribution in [3.05, 3.63) is 45.2 Å². The van der Waals surface area contributed by atoms with Crippen molar-refractivity contribution >= 4 is 40.7 Å². The van der Waals surface area contributed by atoms with E-state index in [4.69, 9.17) is 21.6 Å². The molecule has 3 heterocycles. The predicted molar refractivity (Wildman–Crippen MR) is 130 cm³/mol. The van der Waals surface area contributed by atoms with Gasteiger partial charge in [0.1, 0.15) is 11.9 Å². The van der Waals surface area contributed by atoms with Crippen LogP contribution in [0.3, 0.4) is 0 Å². The summed E-state index contributed by atoms with van der Waals surface area (Å²) in [5.41, 5.74) is -0.140. The average Bonchev–Trinajstić information content (AvgIpc) is 3.04. The van der Waals surface area contributed by atoms with E-state index in [1.807, 2.05) is 31.7 Å². The quantitative estimate of drug-likeness (QED) is 0.428. The molecule has 2 saturated heterocycles. The minimum absolute atomic E-state index is 0.00274. The van der Waals surface area contributed by atoms with E-state index in [0.29, 0.717) is 24.1 Å². The zero-order valence-electron chi connectivity index (χ0n) is 19.6. The van der Waals surface area contributed by atoms with Crippen LogP contribution in [0.1, 0.15) is 52.0 Å². The number of anilines is 3. The van der Waals surface area contributed by atoms with Crippen LogP contribution in [-0.2, 0) is 4.74 Å². The molecular weight excluding hydrogens is 474 g/mol. The Morgan fingerprint density at radius 1 is 1.26 bits per heavy atom. The molecule has 12 heteroatoms. The van der Waals surface area contributed by atoms with Gasteiger partial charge >= 0.3 is 11.8 Å². The monoisotopic (exact) mass is 499 g/mol. The largest absolute Gasteiger partial charge is 0.444 e. The van der Waals surface area contributed by atoms with Crippen LogP contribution in [0, 0.1) is 21.4 Å². The number of nitrogens with one attached hydrogen (secondary N) is 2. The number of piperidine rings is 1. The molecule has 0 radical (unpaired) electrons. The molecule has 0 unspecified atom stereocenters. The van der Waals surface area contributed by atoms with Gasteiger partial charge in [-0.1, -0.05) is 11.6 Å². The van der Waals surface area contributed by atoms with Crippen LogP contribution >= 0.6 is 11.6 Å². The number of rotatable bonds is 5. The molecule has 184 valence electrons. The number of benzene rings is 1. The molecule has 0 aliphatic carbocycles. The highest BCUT2D eigenvalue weighted by Gasteiger charge is 2.45. The Kier molecular flexibility index (Phi) is 6.67. The minimum atomic E-state index is -0.575. The van der Waals surface area contributed by atoms with E-state index in [0.717, 1.165) is 12.8 Å². The van der Waals surface area contributed by atoms with Crippen LogP contribution in [0.15, 0.2) is 24.5 Å². The van der Waals surface area contributed by atoms with Crippen molar-refractivity contribution in [2.75, 3.05) is 10.6 Å². The summed E-state index contributed by atoms with van der Waals surface area (Å²) in [6.45, 7) is 5.52. The first-order valence-corrected chi connectivity index (χ1v) is 11.7. The number of amides is 1. The molecule has 2 N–H and O–H groups in total. The highest BCUT2D eigenvalue weighted by molar-refractivity contribution is 6.33. The number of hydrogen-bond donors (Lipinski definition) is 2. The molecule has 1 aromatic heterocycles. The smallest absolute Gasteiger partial charge is 0.410 e. The molecule has 2 fully saturated rings. The van der Waals surface area contributed by atoms with Gasteiger partial charge in [0.25, 0.3) is 0 Å². The van der Waals surface area contributed by atoms with Gasteiger partial charge in [0.2, 0.25) is 11.6 Å². The van der Waals surface area contributed by atoms with E-state index in [-0.39, 0.29) is 46.6 Å². The van der Waals surface area contributed by atoms with Crippen LogP contribution in [0.5, 0.6) is 0 Å². The number of ether oxygens (including phenoxy) is 1.